The Labute approximate surface area is 96.9 Å². The normalized spacial score (nSPS) is 10.9. The highest BCUT2D eigenvalue weighted by atomic mass is 16.1. The van der Waals surface area contributed by atoms with Gasteiger partial charge in [-0.3, -0.25) is 4.79 Å². The molecule has 0 bridgehead atoms. The minimum absolute atomic E-state index is 0.113. The van der Waals surface area contributed by atoms with Gasteiger partial charge >= 0.3 is 0 Å². The first-order valence-corrected chi connectivity index (χ1v) is 5.56. The second-order valence-electron chi connectivity index (χ2n) is 4.51. The number of aryl methyl sites for hydroxylation is 1. The third-order valence-corrected chi connectivity index (χ3v) is 2.60. The zero-order valence-corrected chi connectivity index (χ0v) is 10.1. The summed E-state index contributed by atoms with van der Waals surface area (Å²) in [7, 11) is 0. The van der Waals surface area contributed by atoms with Gasteiger partial charge in [0.25, 0.3) is 0 Å². The van der Waals surface area contributed by atoms with E-state index >= 15 is 0 Å². The van der Waals surface area contributed by atoms with Crippen molar-refractivity contribution < 1.29 is 4.79 Å². The van der Waals surface area contributed by atoms with E-state index in [1.165, 1.54) is 5.56 Å². The maximum atomic E-state index is 11.9. The largest absolute Gasteiger partial charge is 0.292 e. The molecular formula is C14H17NO. The van der Waals surface area contributed by atoms with Crippen LogP contribution in [0.2, 0.25) is 0 Å². The van der Waals surface area contributed by atoms with Crippen LogP contribution in [0.25, 0.3) is 0 Å². The maximum absolute atomic E-state index is 11.9. The Morgan fingerprint density at radius 2 is 1.88 bits per heavy atom. The Balaban J connectivity index is 2.91. The summed E-state index contributed by atoms with van der Waals surface area (Å²) < 4.78 is 0. The van der Waals surface area contributed by atoms with Crippen LogP contribution in [-0.2, 0) is 6.42 Å². The van der Waals surface area contributed by atoms with Gasteiger partial charge in [-0.25, -0.2) is 0 Å². The Morgan fingerprint density at radius 1 is 1.31 bits per heavy atom. The molecule has 0 atom stereocenters. The Morgan fingerprint density at radius 3 is 2.31 bits per heavy atom. The molecule has 1 rings (SSSR count). The van der Waals surface area contributed by atoms with E-state index < -0.39 is 5.41 Å². The van der Waals surface area contributed by atoms with Gasteiger partial charge in [0.2, 0.25) is 0 Å². The van der Waals surface area contributed by atoms with Crippen LogP contribution in [0.5, 0.6) is 0 Å². The van der Waals surface area contributed by atoms with Gasteiger partial charge in [0.05, 0.1) is 6.07 Å². The predicted molar refractivity (Wildman–Crippen MR) is 64.2 cm³/mol. The lowest BCUT2D eigenvalue weighted by atomic mass is 9.85. The molecule has 0 heterocycles. The summed E-state index contributed by atoms with van der Waals surface area (Å²) in [5, 5.41) is 8.89. The number of Topliss-reactive ketones (excluding diaryl/α,β-unsaturated/α-hetero) is 1. The minimum atomic E-state index is -0.938. The second kappa shape index (κ2) is 4.94. The summed E-state index contributed by atoms with van der Waals surface area (Å²) in [6.45, 7) is 5.42. The third-order valence-electron chi connectivity index (χ3n) is 2.60. The number of benzene rings is 1. The number of nitrogens with zero attached hydrogens (tertiary/aromatic N) is 1. The monoisotopic (exact) mass is 215 g/mol. The molecule has 2 heteroatoms. The number of rotatable bonds is 4. The lowest BCUT2D eigenvalue weighted by Gasteiger charge is -2.13. The highest BCUT2D eigenvalue weighted by Gasteiger charge is 2.28. The lowest BCUT2D eigenvalue weighted by Crippen LogP contribution is -2.22. The molecule has 0 aromatic heterocycles. The van der Waals surface area contributed by atoms with Crippen LogP contribution in [0.15, 0.2) is 24.3 Å². The van der Waals surface area contributed by atoms with Crippen LogP contribution in [0, 0.1) is 16.7 Å². The first-order chi connectivity index (χ1) is 7.51. The Hall–Kier alpha value is -1.62. The second-order valence-corrected chi connectivity index (χ2v) is 4.51. The fraction of sp³-hybridized carbons (Fsp3) is 0.429. The Kier molecular flexibility index (Phi) is 3.84. The zero-order chi connectivity index (χ0) is 12.2. The highest BCUT2D eigenvalue weighted by molar-refractivity contribution is 6.01. The average Bonchev–Trinajstić information content (AvgIpc) is 2.29. The lowest BCUT2D eigenvalue weighted by molar-refractivity contribution is 0.0892. The van der Waals surface area contributed by atoms with Gasteiger partial charge in [0, 0.05) is 5.56 Å². The van der Waals surface area contributed by atoms with Crippen molar-refractivity contribution in [3.8, 4) is 6.07 Å². The molecule has 0 spiro atoms. The molecular weight excluding hydrogens is 198 g/mol. The van der Waals surface area contributed by atoms with E-state index in [4.69, 9.17) is 5.26 Å². The van der Waals surface area contributed by atoms with Crippen LogP contribution in [0.3, 0.4) is 0 Å². The molecule has 0 aliphatic carbocycles. The van der Waals surface area contributed by atoms with E-state index in [1.807, 2.05) is 30.3 Å². The fourth-order valence-corrected chi connectivity index (χ4v) is 1.52. The summed E-state index contributed by atoms with van der Waals surface area (Å²) in [5.74, 6) is -0.113. The van der Waals surface area contributed by atoms with Gasteiger partial charge in [-0.05, 0) is 25.8 Å². The van der Waals surface area contributed by atoms with Crippen LogP contribution < -0.4 is 0 Å². The van der Waals surface area contributed by atoms with Crippen molar-refractivity contribution in [1.82, 2.24) is 0 Å². The van der Waals surface area contributed by atoms with Crippen molar-refractivity contribution in [3.05, 3.63) is 35.4 Å². The van der Waals surface area contributed by atoms with Crippen molar-refractivity contribution in [2.45, 2.75) is 33.6 Å². The van der Waals surface area contributed by atoms with Gasteiger partial charge in [0.1, 0.15) is 5.41 Å². The molecule has 0 fully saturated rings. The smallest absolute Gasteiger partial charge is 0.182 e. The first kappa shape index (κ1) is 12.4. The molecule has 0 amide bonds. The standard InChI is InChI=1S/C14H17NO/c1-4-5-11-6-8-12(9-7-11)13(16)14(2,3)10-15/h6-9H,4-5H2,1-3H3. The molecule has 84 valence electrons. The summed E-state index contributed by atoms with van der Waals surface area (Å²) in [6, 6.07) is 9.58. The highest BCUT2D eigenvalue weighted by Crippen LogP contribution is 2.21. The number of carbonyl (C=O) groups excluding carboxylic acids is 1. The number of hydrogen-bond acceptors (Lipinski definition) is 2. The van der Waals surface area contributed by atoms with Gasteiger partial charge in [-0.1, -0.05) is 37.6 Å². The van der Waals surface area contributed by atoms with Crippen molar-refractivity contribution in [2.24, 2.45) is 5.41 Å². The average molecular weight is 215 g/mol. The van der Waals surface area contributed by atoms with E-state index in [2.05, 4.69) is 6.92 Å². The molecule has 1 aromatic carbocycles. The number of hydrogen-bond donors (Lipinski definition) is 0. The van der Waals surface area contributed by atoms with Gasteiger partial charge in [-0.2, -0.15) is 5.26 Å². The molecule has 0 unspecified atom stereocenters. The summed E-state index contributed by atoms with van der Waals surface area (Å²) in [4.78, 5) is 11.9. The molecule has 0 aliphatic heterocycles. The van der Waals surface area contributed by atoms with Crippen molar-refractivity contribution in [3.63, 3.8) is 0 Å². The first-order valence-electron chi connectivity index (χ1n) is 5.56. The van der Waals surface area contributed by atoms with Gasteiger partial charge < -0.3 is 0 Å². The Bertz CT molecular complexity index is 409. The molecule has 1 aromatic rings. The maximum Gasteiger partial charge on any atom is 0.182 e. The van der Waals surface area contributed by atoms with Crippen LogP contribution >= 0.6 is 0 Å². The quantitative estimate of drug-likeness (QED) is 0.722. The fourth-order valence-electron chi connectivity index (χ4n) is 1.52. The minimum Gasteiger partial charge on any atom is -0.292 e. The van der Waals surface area contributed by atoms with E-state index in [0.717, 1.165) is 12.8 Å². The van der Waals surface area contributed by atoms with Crippen LogP contribution in [0.1, 0.15) is 43.1 Å². The summed E-state index contributed by atoms with van der Waals surface area (Å²) in [5.41, 5.74) is 0.909. The van der Waals surface area contributed by atoms with Gasteiger partial charge in [0.15, 0.2) is 5.78 Å². The number of carbonyl (C=O) groups is 1. The van der Waals surface area contributed by atoms with E-state index in [1.54, 1.807) is 13.8 Å². The van der Waals surface area contributed by atoms with Crippen LogP contribution in [-0.4, -0.2) is 5.78 Å². The zero-order valence-electron chi connectivity index (χ0n) is 10.1. The SMILES string of the molecule is CCCc1ccc(C(=O)C(C)(C)C#N)cc1. The van der Waals surface area contributed by atoms with Crippen LogP contribution in [0.4, 0.5) is 0 Å². The molecule has 0 saturated carbocycles. The number of ketones is 1. The topological polar surface area (TPSA) is 40.9 Å². The van der Waals surface area contributed by atoms with E-state index in [0.29, 0.717) is 5.56 Å². The third kappa shape index (κ3) is 2.70. The van der Waals surface area contributed by atoms with E-state index in [9.17, 15) is 4.79 Å². The van der Waals surface area contributed by atoms with E-state index in [-0.39, 0.29) is 5.78 Å². The van der Waals surface area contributed by atoms with Crippen molar-refractivity contribution >= 4 is 5.78 Å². The molecule has 0 saturated heterocycles. The van der Waals surface area contributed by atoms with Crippen molar-refractivity contribution in [1.29, 1.82) is 5.26 Å². The molecule has 0 radical (unpaired) electrons. The predicted octanol–water partition coefficient (Wildman–Crippen LogP) is 3.37. The molecule has 16 heavy (non-hydrogen) atoms. The van der Waals surface area contributed by atoms with Gasteiger partial charge in [-0.15, -0.1) is 0 Å². The number of nitriles is 1. The molecule has 2 nitrogen and oxygen atoms in total. The molecule has 0 aliphatic rings. The summed E-state index contributed by atoms with van der Waals surface area (Å²) >= 11 is 0. The molecule has 0 N–H and O–H groups in total. The summed E-state index contributed by atoms with van der Waals surface area (Å²) in [6.07, 6.45) is 2.12. The van der Waals surface area contributed by atoms with Crippen molar-refractivity contribution in [2.75, 3.05) is 0 Å².